The maximum Gasteiger partial charge on any atom is 0.345 e. The number of nitro benzene ring substituents is 1. The van der Waals surface area contributed by atoms with Crippen LogP contribution in [-0.2, 0) is 9.53 Å². The van der Waals surface area contributed by atoms with Gasteiger partial charge in [-0.15, -0.1) is 0 Å². The number of benzene rings is 2. The van der Waals surface area contributed by atoms with E-state index in [4.69, 9.17) is 14.2 Å². The molecule has 9 heteroatoms. The number of hydrogen-bond acceptors (Lipinski definition) is 7. The van der Waals surface area contributed by atoms with Crippen molar-refractivity contribution in [2.24, 2.45) is 0 Å². The Balaban J connectivity index is 2.25. The van der Waals surface area contributed by atoms with Crippen molar-refractivity contribution in [2.45, 2.75) is 26.8 Å². The van der Waals surface area contributed by atoms with Gasteiger partial charge < -0.3 is 19.1 Å². The third-order valence-electron chi connectivity index (χ3n) is 4.14. The monoisotopic (exact) mass is 416 g/mol. The zero-order valence-corrected chi connectivity index (χ0v) is 17.3. The molecular formula is C21H24N2O7. The number of rotatable bonds is 9. The zero-order chi connectivity index (χ0) is 22.3. The van der Waals surface area contributed by atoms with Crippen LogP contribution in [0.1, 0.15) is 31.1 Å². The van der Waals surface area contributed by atoms with Crippen LogP contribution in [0.15, 0.2) is 42.5 Å². The number of nitro groups is 1. The van der Waals surface area contributed by atoms with E-state index >= 15 is 0 Å². The standard InChI is InChI=1S/C21H24N2O7/c1-5-29-19-11-16(17(23(26)27)12-18(19)28-4)21(25)30-13-20(24)22(14(2)3)15-9-7-6-8-10-15/h6-12,14H,5,13H2,1-4H3. The Labute approximate surface area is 174 Å². The second-order valence-corrected chi connectivity index (χ2v) is 6.48. The van der Waals surface area contributed by atoms with Crippen molar-refractivity contribution in [2.75, 3.05) is 25.2 Å². The molecule has 9 nitrogen and oxygen atoms in total. The Bertz CT molecular complexity index is 913. The molecular weight excluding hydrogens is 392 g/mol. The molecule has 160 valence electrons. The molecule has 30 heavy (non-hydrogen) atoms. The van der Waals surface area contributed by atoms with Crippen LogP contribution in [0.5, 0.6) is 11.5 Å². The van der Waals surface area contributed by atoms with Crippen LogP contribution < -0.4 is 14.4 Å². The Morgan fingerprint density at radius 1 is 1.13 bits per heavy atom. The number of methoxy groups -OCH3 is 1. The summed E-state index contributed by atoms with van der Waals surface area (Å²) in [5.74, 6) is -1.18. The fraction of sp³-hybridized carbons (Fsp3) is 0.333. The van der Waals surface area contributed by atoms with E-state index in [1.165, 1.54) is 18.1 Å². The summed E-state index contributed by atoms with van der Waals surface area (Å²) in [6.07, 6.45) is 0. The van der Waals surface area contributed by atoms with Gasteiger partial charge in [-0.05, 0) is 32.9 Å². The molecule has 0 heterocycles. The Hall–Kier alpha value is -3.62. The van der Waals surface area contributed by atoms with E-state index in [1.807, 2.05) is 19.9 Å². The first-order valence-corrected chi connectivity index (χ1v) is 9.33. The van der Waals surface area contributed by atoms with Crippen molar-refractivity contribution in [3.63, 3.8) is 0 Å². The molecule has 2 rings (SSSR count). The topological polar surface area (TPSA) is 108 Å². The van der Waals surface area contributed by atoms with Crippen LogP contribution in [0, 0.1) is 10.1 Å². The molecule has 0 atom stereocenters. The summed E-state index contributed by atoms with van der Waals surface area (Å²) < 4.78 is 15.6. The average Bonchev–Trinajstić information content (AvgIpc) is 2.72. The lowest BCUT2D eigenvalue weighted by Gasteiger charge is -2.26. The lowest BCUT2D eigenvalue weighted by Crippen LogP contribution is -2.39. The van der Waals surface area contributed by atoms with Gasteiger partial charge >= 0.3 is 5.97 Å². The van der Waals surface area contributed by atoms with E-state index in [1.54, 1.807) is 31.2 Å². The third-order valence-corrected chi connectivity index (χ3v) is 4.14. The Morgan fingerprint density at radius 2 is 1.80 bits per heavy atom. The zero-order valence-electron chi connectivity index (χ0n) is 17.3. The molecule has 1 amide bonds. The number of anilines is 1. The predicted octanol–water partition coefficient (Wildman–Crippen LogP) is 3.60. The molecule has 0 aromatic heterocycles. The Morgan fingerprint density at radius 3 is 2.33 bits per heavy atom. The molecule has 2 aromatic carbocycles. The van der Waals surface area contributed by atoms with Gasteiger partial charge in [0, 0.05) is 17.8 Å². The number of carbonyl (C=O) groups is 2. The second-order valence-electron chi connectivity index (χ2n) is 6.48. The van der Waals surface area contributed by atoms with Gasteiger partial charge in [0.05, 0.1) is 24.7 Å². The van der Waals surface area contributed by atoms with E-state index in [0.29, 0.717) is 5.69 Å². The highest BCUT2D eigenvalue weighted by atomic mass is 16.6. The van der Waals surface area contributed by atoms with E-state index in [-0.39, 0.29) is 29.7 Å². The minimum Gasteiger partial charge on any atom is -0.493 e. The molecule has 0 radical (unpaired) electrons. The van der Waals surface area contributed by atoms with Gasteiger partial charge in [-0.2, -0.15) is 0 Å². The van der Waals surface area contributed by atoms with Crippen LogP contribution >= 0.6 is 0 Å². The van der Waals surface area contributed by atoms with Crippen LogP contribution in [0.2, 0.25) is 0 Å². The smallest absolute Gasteiger partial charge is 0.345 e. The minimum atomic E-state index is -1.00. The fourth-order valence-corrected chi connectivity index (χ4v) is 2.88. The van der Waals surface area contributed by atoms with Gasteiger partial charge in [0.25, 0.3) is 11.6 Å². The highest BCUT2D eigenvalue weighted by molar-refractivity contribution is 5.99. The van der Waals surface area contributed by atoms with Gasteiger partial charge in [0.1, 0.15) is 5.56 Å². The highest BCUT2D eigenvalue weighted by Gasteiger charge is 2.27. The number of ether oxygens (including phenoxy) is 3. The molecule has 0 aliphatic rings. The van der Waals surface area contributed by atoms with Gasteiger partial charge in [-0.3, -0.25) is 14.9 Å². The molecule has 0 spiro atoms. The van der Waals surface area contributed by atoms with Crippen molar-refractivity contribution in [1.82, 2.24) is 0 Å². The summed E-state index contributed by atoms with van der Waals surface area (Å²) in [6, 6.07) is 11.0. The molecule has 2 aromatic rings. The van der Waals surface area contributed by atoms with E-state index in [0.717, 1.165) is 6.07 Å². The van der Waals surface area contributed by atoms with Crippen molar-refractivity contribution in [3.05, 3.63) is 58.1 Å². The number of esters is 1. The van der Waals surface area contributed by atoms with Gasteiger partial charge in [0.15, 0.2) is 18.1 Å². The molecule has 0 aliphatic carbocycles. The first-order valence-electron chi connectivity index (χ1n) is 9.33. The van der Waals surface area contributed by atoms with Gasteiger partial charge in [-0.25, -0.2) is 4.79 Å². The number of amides is 1. The van der Waals surface area contributed by atoms with Crippen molar-refractivity contribution in [1.29, 1.82) is 0 Å². The summed E-state index contributed by atoms with van der Waals surface area (Å²) in [4.78, 5) is 37.4. The largest absolute Gasteiger partial charge is 0.493 e. The van der Waals surface area contributed by atoms with Crippen molar-refractivity contribution < 1.29 is 28.7 Å². The lowest BCUT2D eigenvalue weighted by atomic mass is 10.1. The molecule has 0 saturated carbocycles. The number of nitrogens with zero attached hydrogens (tertiary/aromatic N) is 2. The molecule has 0 aliphatic heterocycles. The van der Waals surface area contributed by atoms with Crippen LogP contribution in [-0.4, -0.2) is 43.2 Å². The highest BCUT2D eigenvalue weighted by Crippen LogP contribution is 2.35. The van der Waals surface area contributed by atoms with Gasteiger partial charge in [-0.1, -0.05) is 18.2 Å². The molecule has 0 unspecified atom stereocenters. The normalized spacial score (nSPS) is 10.4. The molecule has 0 fully saturated rings. The van der Waals surface area contributed by atoms with E-state index < -0.39 is 29.1 Å². The third kappa shape index (κ3) is 5.25. The minimum absolute atomic E-state index is 0.117. The predicted molar refractivity (Wildman–Crippen MR) is 110 cm³/mol. The first-order chi connectivity index (χ1) is 14.3. The quantitative estimate of drug-likeness (QED) is 0.349. The van der Waals surface area contributed by atoms with Crippen LogP contribution in [0.25, 0.3) is 0 Å². The average molecular weight is 416 g/mol. The summed E-state index contributed by atoms with van der Waals surface area (Å²) in [6.45, 7) is 5.08. The maximum absolute atomic E-state index is 12.7. The molecule has 0 saturated heterocycles. The SMILES string of the molecule is CCOc1cc(C(=O)OCC(=O)N(c2ccccc2)C(C)C)c([N+](=O)[O-])cc1OC. The number of hydrogen-bond donors (Lipinski definition) is 0. The summed E-state index contributed by atoms with van der Waals surface area (Å²) in [5.41, 5.74) is -0.174. The molecule has 0 bridgehead atoms. The maximum atomic E-state index is 12.7. The summed E-state index contributed by atoms with van der Waals surface area (Å²) >= 11 is 0. The first kappa shape index (κ1) is 22.7. The van der Waals surface area contributed by atoms with E-state index in [2.05, 4.69) is 0 Å². The second kappa shape index (κ2) is 10.2. The number of para-hydroxylation sites is 1. The number of carbonyl (C=O) groups excluding carboxylic acids is 2. The van der Waals surface area contributed by atoms with Crippen molar-refractivity contribution in [3.8, 4) is 11.5 Å². The fourth-order valence-electron chi connectivity index (χ4n) is 2.88. The summed E-state index contributed by atoms with van der Waals surface area (Å²) in [7, 11) is 1.34. The van der Waals surface area contributed by atoms with Crippen molar-refractivity contribution >= 4 is 23.3 Å². The van der Waals surface area contributed by atoms with Crippen LogP contribution in [0.3, 0.4) is 0 Å². The molecule has 0 N–H and O–H groups in total. The van der Waals surface area contributed by atoms with E-state index in [9.17, 15) is 19.7 Å². The Kier molecular flexibility index (Phi) is 7.74. The summed E-state index contributed by atoms with van der Waals surface area (Å²) in [5, 5.41) is 11.4. The van der Waals surface area contributed by atoms with Gasteiger partial charge in [0.2, 0.25) is 0 Å². The van der Waals surface area contributed by atoms with Crippen LogP contribution in [0.4, 0.5) is 11.4 Å². The lowest BCUT2D eigenvalue weighted by molar-refractivity contribution is -0.385.